The number of aryl methyl sites for hydroxylation is 1. The van der Waals surface area contributed by atoms with Crippen LogP contribution in [0.3, 0.4) is 0 Å². The lowest BCUT2D eigenvalue weighted by atomic mass is 10.1. The number of rotatable bonds is 6. The SMILES string of the molecule is COC(F)(F)c1cccc(-c2noc(CCC(=O)O)n2)c1. The Bertz CT molecular complexity index is 643. The van der Waals surface area contributed by atoms with E-state index in [9.17, 15) is 13.6 Å². The third-order valence-electron chi connectivity index (χ3n) is 2.73. The number of hydrogen-bond acceptors (Lipinski definition) is 5. The number of alkyl halides is 2. The fourth-order valence-electron chi connectivity index (χ4n) is 1.64. The predicted octanol–water partition coefficient (Wildman–Crippen LogP) is 2.45. The first kappa shape index (κ1) is 15.0. The van der Waals surface area contributed by atoms with Crippen LogP contribution in [0.2, 0.25) is 0 Å². The minimum Gasteiger partial charge on any atom is -0.481 e. The van der Waals surface area contributed by atoms with Crippen molar-refractivity contribution in [2.24, 2.45) is 0 Å². The summed E-state index contributed by atoms with van der Waals surface area (Å²) in [7, 11) is 0.908. The first-order chi connectivity index (χ1) is 9.92. The smallest absolute Gasteiger partial charge is 0.383 e. The van der Waals surface area contributed by atoms with Crippen molar-refractivity contribution >= 4 is 5.97 Å². The summed E-state index contributed by atoms with van der Waals surface area (Å²) in [5.74, 6) is -0.739. The zero-order valence-corrected chi connectivity index (χ0v) is 11.0. The third kappa shape index (κ3) is 3.60. The Morgan fingerprint density at radius 2 is 2.24 bits per heavy atom. The maximum absolute atomic E-state index is 13.4. The van der Waals surface area contributed by atoms with Crippen molar-refractivity contribution in [3.05, 3.63) is 35.7 Å². The molecular formula is C13H12F2N2O4. The van der Waals surface area contributed by atoms with Crippen LogP contribution in [0, 0.1) is 0 Å². The summed E-state index contributed by atoms with van der Waals surface area (Å²) >= 11 is 0. The van der Waals surface area contributed by atoms with E-state index in [0.717, 1.165) is 7.11 Å². The van der Waals surface area contributed by atoms with Gasteiger partial charge in [0.05, 0.1) is 12.0 Å². The maximum atomic E-state index is 13.4. The molecule has 0 aliphatic heterocycles. The number of nitrogens with zero attached hydrogens (tertiary/aromatic N) is 2. The van der Waals surface area contributed by atoms with Gasteiger partial charge in [-0.25, -0.2) is 0 Å². The Morgan fingerprint density at radius 1 is 1.48 bits per heavy atom. The van der Waals surface area contributed by atoms with Crippen molar-refractivity contribution in [2.45, 2.75) is 19.0 Å². The van der Waals surface area contributed by atoms with Gasteiger partial charge in [0.15, 0.2) is 0 Å². The number of methoxy groups -OCH3 is 1. The third-order valence-corrected chi connectivity index (χ3v) is 2.73. The Balaban J connectivity index is 2.22. The van der Waals surface area contributed by atoms with Crippen LogP contribution in [0.1, 0.15) is 17.9 Å². The summed E-state index contributed by atoms with van der Waals surface area (Å²) < 4.78 is 35.9. The largest absolute Gasteiger partial charge is 0.481 e. The monoisotopic (exact) mass is 298 g/mol. The van der Waals surface area contributed by atoms with Gasteiger partial charge in [-0.3, -0.25) is 4.79 Å². The molecule has 1 aromatic carbocycles. The van der Waals surface area contributed by atoms with Gasteiger partial charge in [-0.1, -0.05) is 23.4 Å². The summed E-state index contributed by atoms with van der Waals surface area (Å²) in [6, 6.07) is 5.37. The van der Waals surface area contributed by atoms with Crippen LogP contribution in [0.25, 0.3) is 11.4 Å². The first-order valence-corrected chi connectivity index (χ1v) is 6.00. The average Bonchev–Trinajstić information content (AvgIpc) is 2.94. The Hall–Kier alpha value is -2.35. The van der Waals surface area contributed by atoms with Crippen molar-refractivity contribution in [1.29, 1.82) is 0 Å². The highest BCUT2D eigenvalue weighted by molar-refractivity contribution is 5.66. The lowest BCUT2D eigenvalue weighted by Gasteiger charge is -2.14. The number of hydrogen-bond donors (Lipinski definition) is 1. The fourth-order valence-corrected chi connectivity index (χ4v) is 1.64. The van der Waals surface area contributed by atoms with Crippen LogP contribution >= 0.6 is 0 Å². The fraction of sp³-hybridized carbons (Fsp3) is 0.308. The van der Waals surface area contributed by atoms with Crippen LogP contribution in [0.15, 0.2) is 28.8 Å². The summed E-state index contributed by atoms with van der Waals surface area (Å²) in [4.78, 5) is 14.4. The van der Waals surface area contributed by atoms with Crippen LogP contribution in [0.4, 0.5) is 8.78 Å². The molecule has 1 heterocycles. The minimum atomic E-state index is -3.41. The molecule has 1 aromatic heterocycles. The summed E-state index contributed by atoms with van der Waals surface area (Å²) in [6.07, 6.45) is -3.48. The van der Waals surface area contributed by atoms with Gasteiger partial charge in [0.2, 0.25) is 11.7 Å². The zero-order chi connectivity index (χ0) is 15.5. The van der Waals surface area contributed by atoms with E-state index in [4.69, 9.17) is 9.63 Å². The standard InChI is InChI=1S/C13H12F2N2O4/c1-20-13(14,15)9-4-2-3-8(7-9)12-16-10(21-17-12)5-6-11(18)19/h2-4,7H,5-6H2,1H3,(H,18,19). The second kappa shape index (κ2) is 5.96. The Labute approximate surface area is 118 Å². The van der Waals surface area contributed by atoms with Crippen molar-refractivity contribution in [3.8, 4) is 11.4 Å². The summed E-state index contributed by atoms with van der Waals surface area (Å²) in [6.45, 7) is 0. The van der Waals surface area contributed by atoms with Gasteiger partial charge >= 0.3 is 12.1 Å². The van der Waals surface area contributed by atoms with Gasteiger partial charge in [-0.2, -0.15) is 13.8 Å². The maximum Gasteiger partial charge on any atom is 0.383 e. The number of aliphatic carboxylic acids is 1. The molecule has 0 bridgehead atoms. The Kier molecular flexibility index (Phi) is 4.27. The Morgan fingerprint density at radius 3 is 2.90 bits per heavy atom. The molecule has 0 aliphatic carbocycles. The molecule has 0 atom stereocenters. The van der Waals surface area contributed by atoms with Crippen molar-refractivity contribution in [3.63, 3.8) is 0 Å². The molecule has 0 aliphatic rings. The lowest BCUT2D eigenvalue weighted by molar-refractivity contribution is -0.231. The van der Waals surface area contributed by atoms with Crippen LogP contribution in [0.5, 0.6) is 0 Å². The van der Waals surface area contributed by atoms with E-state index in [2.05, 4.69) is 14.9 Å². The molecule has 0 amide bonds. The number of carboxylic acids is 1. The quantitative estimate of drug-likeness (QED) is 0.881. The number of benzene rings is 1. The molecular weight excluding hydrogens is 286 g/mol. The van der Waals surface area contributed by atoms with Gasteiger partial charge in [-0.15, -0.1) is 0 Å². The van der Waals surface area contributed by atoms with E-state index in [1.807, 2.05) is 0 Å². The molecule has 6 nitrogen and oxygen atoms in total. The topological polar surface area (TPSA) is 85.5 Å². The van der Waals surface area contributed by atoms with Crippen molar-refractivity contribution in [1.82, 2.24) is 10.1 Å². The van der Waals surface area contributed by atoms with E-state index < -0.39 is 12.1 Å². The molecule has 2 rings (SSSR count). The molecule has 0 saturated carbocycles. The van der Waals surface area contributed by atoms with Gasteiger partial charge < -0.3 is 14.4 Å². The average molecular weight is 298 g/mol. The highest BCUT2D eigenvalue weighted by Gasteiger charge is 2.31. The molecule has 2 aromatic rings. The minimum absolute atomic E-state index is 0.0796. The number of halogens is 2. The normalized spacial score (nSPS) is 11.6. The molecule has 0 radical (unpaired) electrons. The van der Waals surface area contributed by atoms with Crippen LogP contribution < -0.4 is 0 Å². The van der Waals surface area contributed by atoms with Crippen molar-refractivity contribution in [2.75, 3.05) is 7.11 Å². The number of carbonyl (C=O) groups is 1. The van der Waals surface area contributed by atoms with E-state index in [0.29, 0.717) is 5.56 Å². The van der Waals surface area contributed by atoms with Gasteiger partial charge in [0, 0.05) is 19.1 Å². The molecule has 0 spiro atoms. The highest BCUT2D eigenvalue weighted by Crippen LogP contribution is 2.30. The van der Waals surface area contributed by atoms with E-state index in [1.54, 1.807) is 6.07 Å². The molecule has 0 fully saturated rings. The molecule has 21 heavy (non-hydrogen) atoms. The molecule has 112 valence electrons. The van der Waals surface area contributed by atoms with Crippen LogP contribution in [-0.2, 0) is 22.1 Å². The highest BCUT2D eigenvalue weighted by atomic mass is 19.3. The molecule has 0 saturated heterocycles. The molecule has 0 unspecified atom stereocenters. The molecule has 1 N–H and O–H groups in total. The van der Waals surface area contributed by atoms with E-state index >= 15 is 0 Å². The van der Waals surface area contributed by atoms with E-state index in [-0.39, 0.29) is 30.1 Å². The van der Waals surface area contributed by atoms with Gasteiger partial charge in [-0.05, 0) is 6.07 Å². The van der Waals surface area contributed by atoms with Crippen molar-refractivity contribution < 1.29 is 27.9 Å². The van der Waals surface area contributed by atoms with Gasteiger partial charge in [0.25, 0.3) is 0 Å². The number of aromatic nitrogens is 2. The lowest BCUT2D eigenvalue weighted by Crippen LogP contribution is -2.15. The number of ether oxygens (including phenoxy) is 1. The summed E-state index contributed by atoms with van der Waals surface area (Å²) in [5, 5.41) is 12.2. The second-order valence-corrected chi connectivity index (χ2v) is 4.21. The molecule has 8 heteroatoms. The van der Waals surface area contributed by atoms with E-state index in [1.165, 1.54) is 18.2 Å². The zero-order valence-electron chi connectivity index (χ0n) is 11.0. The predicted molar refractivity (Wildman–Crippen MR) is 66.6 cm³/mol. The summed E-state index contributed by atoms with van der Waals surface area (Å²) in [5.41, 5.74) is -0.00561. The first-order valence-electron chi connectivity index (χ1n) is 6.00. The van der Waals surface area contributed by atoms with Crippen LogP contribution in [-0.4, -0.2) is 28.3 Å². The second-order valence-electron chi connectivity index (χ2n) is 4.21. The number of carboxylic acid groups (broad SMARTS) is 1. The van der Waals surface area contributed by atoms with Gasteiger partial charge in [0.1, 0.15) is 0 Å².